The summed E-state index contributed by atoms with van der Waals surface area (Å²) >= 11 is 0. The van der Waals surface area contributed by atoms with Crippen molar-refractivity contribution in [2.75, 3.05) is 0 Å². The van der Waals surface area contributed by atoms with Crippen molar-refractivity contribution in [3.63, 3.8) is 0 Å². The van der Waals surface area contributed by atoms with Gasteiger partial charge in [-0.05, 0) is 37.0 Å². The fraction of sp³-hybridized carbons (Fsp3) is 0.385. The van der Waals surface area contributed by atoms with Gasteiger partial charge in [-0.3, -0.25) is 4.79 Å². The van der Waals surface area contributed by atoms with Crippen LogP contribution in [0, 0.1) is 16.7 Å². The molecular formula is C13H13NO2. The van der Waals surface area contributed by atoms with Crippen LogP contribution in [0.3, 0.4) is 0 Å². The maximum Gasteiger partial charge on any atom is 0.153 e. The number of hydrogen-bond acceptors (Lipinski definition) is 3. The maximum absolute atomic E-state index is 11.7. The van der Waals surface area contributed by atoms with Crippen LogP contribution in [0.2, 0.25) is 0 Å². The highest BCUT2D eigenvalue weighted by molar-refractivity contribution is 5.89. The minimum Gasteiger partial charge on any atom is -0.508 e. The molecule has 0 heterocycles. The lowest BCUT2D eigenvalue weighted by Gasteiger charge is -2.18. The Morgan fingerprint density at radius 3 is 2.56 bits per heavy atom. The topological polar surface area (TPSA) is 61.1 Å². The van der Waals surface area contributed by atoms with Crippen LogP contribution in [0.4, 0.5) is 0 Å². The molecule has 1 aliphatic carbocycles. The zero-order valence-electron chi connectivity index (χ0n) is 8.94. The largest absolute Gasteiger partial charge is 0.508 e. The number of ketones is 1. The van der Waals surface area contributed by atoms with Gasteiger partial charge in [0.25, 0.3) is 0 Å². The predicted molar refractivity (Wildman–Crippen MR) is 58.7 cm³/mol. The van der Waals surface area contributed by atoms with Crippen molar-refractivity contribution in [1.82, 2.24) is 0 Å². The van der Waals surface area contributed by atoms with E-state index in [-0.39, 0.29) is 11.5 Å². The van der Waals surface area contributed by atoms with Gasteiger partial charge in [-0.15, -0.1) is 0 Å². The second-order valence-electron chi connectivity index (χ2n) is 4.31. The number of phenolic OH excluding ortho intramolecular Hbond substituents is 1. The molecule has 1 N–H and O–H groups in total. The Kier molecular flexibility index (Phi) is 2.66. The average Bonchev–Trinajstić information content (AvgIpc) is 2.64. The Bertz CT molecular complexity index is 444. The molecule has 2 rings (SSSR count). The molecular weight excluding hydrogens is 202 g/mol. The molecule has 1 aromatic carbocycles. The van der Waals surface area contributed by atoms with Crippen LogP contribution in [-0.2, 0) is 11.2 Å². The van der Waals surface area contributed by atoms with Crippen molar-refractivity contribution in [1.29, 1.82) is 5.26 Å². The first kappa shape index (κ1) is 10.7. The number of rotatable bonds is 2. The number of nitriles is 1. The molecule has 1 fully saturated rings. The second-order valence-corrected chi connectivity index (χ2v) is 4.31. The molecule has 3 nitrogen and oxygen atoms in total. The molecule has 1 aromatic rings. The Morgan fingerprint density at radius 1 is 1.38 bits per heavy atom. The van der Waals surface area contributed by atoms with Gasteiger partial charge in [0.1, 0.15) is 11.2 Å². The predicted octanol–water partition coefficient (Wildman–Crippen LogP) is 2.20. The van der Waals surface area contributed by atoms with Crippen LogP contribution < -0.4 is 0 Å². The molecule has 0 saturated heterocycles. The van der Waals surface area contributed by atoms with E-state index in [1.807, 2.05) is 0 Å². The summed E-state index contributed by atoms with van der Waals surface area (Å²) in [5.74, 6) is 0.260. The molecule has 1 saturated carbocycles. The first-order valence-corrected chi connectivity index (χ1v) is 5.39. The van der Waals surface area contributed by atoms with Crippen LogP contribution in [0.25, 0.3) is 0 Å². The molecule has 0 amide bonds. The van der Waals surface area contributed by atoms with Crippen LogP contribution >= 0.6 is 0 Å². The number of phenols is 1. The van der Waals surface area contributed by atoms with E-state index in [0.717, 1.165) is 12.0 Å². The van der Waals surface area contributed by atoms with Gasteiger partial charge in [0.05, 0.1) is 6.07 Å². The number of nitrogens with zero attached hydrogens (tertiary/aromatic N) is 1. The summed E-state index contributed by atoms with van der Waals surface area (Å²) in [4.78, 5) is 11.7. The van der Waals surface area contributed by atoms with Crippen molar-refractivity contribution in [3.8, 4) is 11.8 Å². The Labute approximate surface area is 94.3 Å². The molecule has 82 valence electrons. The second kappa shape index (κ2) is 3.97. The number of carbonyl (C=O) groups excluding carboxylic acids is 1. The van der Waals surface area contributed by atoms with E-state index in [1.165, 1.54) is 0 Å². The molecule has 16 heavy (non-hydrogen) atoms. The molecule has 0 spiro atoms. The van der Waals surface area contributed by atoms with Gasteiger partial charge in [0.2, 0.25) is 0 Å². The summed E-state index contributed by atoms with van der Waals surface area (Å²) in [6.45, 7) is 0. The van der Waals surface area contributed by atoms with Crippen molar-refractivity contribution >= 4 is 5.78 Å². The minimum absolute atomic E-state index is 0.0584. The molecule has 1 aliphatic rings. The molecule has 1 unspecified atom stereocenters. The van der Waals surface area contributed by atoms with Gasteiger partial charge in [0, 0.05) is 6.42 Å². The van der Waals surface area contributed by atoms with E-state index in [9.17, 15) is 10.1 Å². The van der Waals surface area contributed by atoms with Crippen molar-refractivity contribution < 1.29 is 9.90 Å². The van der Waals surface area contributed by atoms with Crippen molar-refractivity contribution in [3.05, 3.63) is 29.8 Å². The van der Waals surface area contributed by atoms with Gasteiger partial charge < -0.3 is 5.11 Å². The van der Waals surface area contributed by atoms with Gasteiger partial charge in [-0.1, -0.05) is 12.1 Å². The SMILES string of the molecule is N#CC1(Cc2ccc(O)cc2)CCCC1=O. The number of aromatic hydroxyl groups is 1. The van der Waals surface area contributed by atoms with E-state index in [1.54, 1.807) is 24.3 Å². The van der Waals surface area contributed by atoms with Gasteiger partial charge in [0.15, 0.2) is 5.78 Å². The van der Waals surface area contributed by atoms with Crippen LogP contribution in [0.1, 0.15) is 24.8 Å². The molecule has 0 bridgehead atoms. The fourth-order valence-electron chi connectivity index (χ4n) is 2.24. The summed E-state index contributed by atoms with van der Waals surface area (Å²) < 4.78 is 0. The third-order valence-electron chi connectivity index (χ3n) is 3.20. The highest BCUT2D eigenvalue weighted by Gasteiger charge is 2.42. The standard InChI is InChI=1S/C13H13NO2/c14-9-13(7-1-2-12(13)16)8-10-3-5-11(15)6-4-10/h3-6,15H,1-2,7-8H2. The van der Waals surface area contributed by atoms with Crippen molar-refractivity contribution in [2.45, 2.75) is 25.7 Å². The highest BCUT2D eigenvalue weighted by atomic mass is 16.3. The normalized spacial score (nSPS) is 24.3. The van der Waals surface area contributed by atoms with Crippen LogP contribution in [-0.4, -0.2) is 10.9 Å². The number of carbonyl (C=O) groups is 1. The summed E-state index contributed by atoms with van der Waals surface area (Å²) in [6, 6.07) is 8.87. The molecule has 0 aliphatic heterocycles. The first-order valence-electron chi connectivity index (χ1n) is 5.39. The smallest absolute Gasteiger partial charge is 0.153 e. The van der Waals surface area contributed by atoms with Crippen LogP contribution in [0.5, 0.6) is 5.75 Å². The summed E-state index contributed by atoms with van der Waals surface area (Å²) in [7, 11) is 0. The van der Waals surface area contributed by atoms with E-state index >= 15 is 0 Å². The summed E-state index contributed by atoms with van der Waals surface area (Å²) in [6.07, 6.45) is 2.45. The van der Waals surface area contributed by atoms with E-state index in [0.29, 0.717) is 19.3 Å². The molecule has 0 aromatic heterocycles. The number of hydrogen-bond donors (Lipinski definition) is 1. The Morgan fingerprint density at radius 2 is 2.06 bits per heavy atom. The van der Waals surface area contributed by atoms with E-state index in [4.69, 9.17) is 5.11 Å². The monoisotopic (exact) mass is 215 g/mol. The summed E-state index contributed by atoms with van der Waals surface area (Å²) in [5, 5.41) is 18.3. The van der Waals surface area contributed by atoms with E-state index in [2.05, 4.69) is 6.07 Å². The zero-order valence-corrected chi connectivity index (χ0v) is 8.94. The third-order valence-corrected chi connectivity index (χ3v) is 3.20. The minimum atomic E-state index is -0.822. The third kappa shape index (κ3) is 1.79. The lowest BCUT2D eigenvalue weighted by molar-refractivity contribution is -0.123. The number of Topliss-reactive ketones (excluding diaryl/α,β-unsaturated/α-hetero) is 1. The molecule has 3 heteroatoms. The van der Waals surface area contributed by atoms with Gasteiger partial charge in [-0.2, -0.15) is 5.26 Å². The van der Waals surface area contributed by atoms with E-state index < -0.39 is 5.41 Å². The fourth-order valence-corrected chi connectivity index (χ4v) is 2.24. The van der Waals surface area contributed by atoms with Gasteiger partial charge >= 0.3 is 0 Å². The quantitative estimate of drug-likeness (QED) is 0.822. The molecule has 0 radical (unpaired) electrons. The number of benzene rings is 1. The van der Waals surface area contributed by atoms with Crippen LogP contribution in [0.15, 0.2) is 24.3 Å². The maximum atomic E-state index is 11.7. The highest BCUT2D eigenvalue weighted by Crippen LogP contribution is 2.37. The van der Waals surface area contributed by atoms with Gasteiger partial charge in [-0.25, -0.2) is 0 Å². The lowest BCUT2D eigenvalue weighted by Crippen LogP contribution is -2.26. The first-order chi connectivity index (χ1) is 7.66. The van der Waals surface area contributed by atoms with Crippen molar-refractivity contribution in [2.24, 2.45) is 5.41 Å². The summed E-state index contributed by atoms with van der Waals surface area (Å²) in [5.41, 5.74) is 0.103. The lowest BCUT2D eigenvalue weighted by atomic mass is 9.81. The average molecular weight is 215 g/mol. The Hall–Kier alpha value is -1.82. The molecule has 1 atom stereocenters. The zero-order chi connectivity index (χ0) is 11.6. The Balaban J connectivity index is 2.23.